The number of aromatic nitrogens is 1. The summed E-state index contributed by atoms with van der Waals surface area (Å²) >= 11 is 0. The van der Waals surface area contributed by atoms with Gasteiger partial charge in [-0.3, -0.25) is 0 Å². The molecule has 102 valence electrons. The van der Waals surface area contributed by atoms with E-state index in [9.17, 15) is 0 Å². The molecule has 0 saturated heterocycles. The Morgan fingerprint density at radius 3 is 2.65 bits per heavy atom. The zero-order valence-corrected chi connectivity index (χ0v) is 11.5. The number of nitrogens with one attached hydrogen (secondary N) is 2. The van der Waals surface area contributed by atoms with Crippen molar-refractivity contribution in [3.63, 3.8) is 0 Å². The Morgan fingerprint density at radius 2 is 1.85 bits per heavy atom. The summed E-state index contributed by atoms with van der Waals surface area (Å²) in [7, 11) is 0. The fraction of sp³-hybridized carbons (Fsp3) is 0.176. The van der Waals surface area contributed by atoms with Crippen LogP contribution in [0.3, 0.4) is 0 Å². The van der Waals surface area contributed by atoms with E-state index >= 15 is 0 Å². The van der Waals surface area contributed by atoms with Gasteiger partial charge >= 0.3 is 0 Å². The van der Waals surface area contributed by atoms with Gasteiger partial charge in [-0.2, -0.15) is 0 Å². The predicted octanol–water partition coefficient (Wildman–Crippen LogP) is 4.18. The fourth-order valence-corrected chi connectivity index (χ4v) is 2.31. The van der Waals surface area contributed by atoms with Gasteiger partial charge in [-0.1, -0.05) is 18.2 Å². The highest BCUT2D eigenvalue weighted by molar-refractivity contribution is 5.83. The monoisotopic (exact) mass is 266 g/mol. The van der Waals surface area contributed by atoms with Gasteiger partial charge in [0.05, 0.1) is 6.61 Å². The van der Waals surface area contributed by atoms with E-state index in [1.807, 2.05) is 37.3 Å². The third kappa shape index (κ3) is 2.62. The zero-order valence-electron chi connectivity index (χ0n) is 11.5. The lowest BCUT2D eigenvalue weighted by Gasteiger charge is -2.07. The van der Waals surface area contributed by atoms with Crippen molar-refractivity contribution in [1.82, 2.24) is 4.98 Å². The number of anilines is 1. The lowest BCUT2D eigenvalue weighted by molar-refractivity contribution is 0.340. The van der Waals surface area contributed by atoms with Gasteiger partial charge in [0, 0.05) is 29.3 Å². The molecule has 0 radical (unpaired) electrons. The van der Waals surface area contributed by atoms with E-state index in [0.29, 0.717) is 6.61 Å². The SMILES string of the molecule is CCOc1ccc(NCc2c[nH]c3ccccc23)cc1. The van der Waals surface area contributed by atoms with Crippen LogP contribution in [0.4, 0.5) is 5.69 Å². The van der Waals surface area contributed by atoms with Gasteiger partial charge in [0.1, 0.15) is 5.75 Å². The number of benzene rings is 2. The standard InChI is InChI=1S/C17H18N2O/c1-2-20-15-9-7-14(8-10-15)18-11-13-12-19-17-6-4-3-5-16(13)17/h3-10,12,18-19H,2,11H2,1H3. The molecule has 0 unspecified atom stereocenters. The lowest BCUT2D eigenvalue weighted by atomic mass is 10.2. The number of para-hydroxylation sites is 1. The Bertz CT molecular complexity index is 686. The quantitative estimate of drug-likeness (QED) is 0.727. The Labute approximate surface area is 118 Å². The highest BCUT2D eigenvalue weighted by Crippen LogP contribution is 2.20. The van der Waals surface area contributed by atoms with Crippen molar-refractivity contribution < 1.29 is 4.74 Å². The van der Waals surface area contributed by atoms with Crippen molar-refractivity contribution in [3.05, 3.63) is 60.3 Å². The van der Waals surface area contributed by atoms with Crippen molar-refractivity contribution in [2.45, 2.75) is 13.5 Å². The average Bonchev–Trinajstić information content (AvgIpc) is 2.90. The van der Waals surface area contributed by atoms with Gasteiger partial charge in [-0.15, -0.1) is 0 Å². The van der Waals surface area contributed by atoms with Crippen LogP contribution in [0.1, 0.15) is 12.5 Å². The number of aromatic amines is 1. The Kier molecular flexibility index (Phi) is 3.59. The number of hydrogen-bond donors (Lipinski definition) is 2. The summed E-state index contributed by atoms with van der Waals surface area (Å²) in [6.45, 7) is 3.49. The van der Waals surface area contributed by atoms with Crippen LogP contribution >= 0.6 is 0 Å². The smallest absolute Gasteiger partial charge is 0.119 e. The van der Waals surface area contributed by atoms with E-state index in [1.54, 1.807) is 0 Å². The summed E-state index contributed by atoms with van der Waals surface area (Å²) < 4.78 is 5.44. The van der Waals surface area contributed by atoms with E-state index < -0.39 is 0 Å². The van der Waals surface area contributed by atoms with Crippen molar-refractivity contribution in [1.29, 1.82) is 0 Å². The number of fused-ring (bicyclic) bond motifs is 1. The molecular weight excluding hydrogens is 248 g/mol. The van der Waals surface area contributed by atoms with E-state index in [2.05, 4.69) is 34.7 Å². The van der Waals surface area contributed by atoms with Crippen molar-refractivity contribution in [3.8, 4) is 5.75 Å². The molecule has 1 aromatic heterocycles. The highest BCUT2D eigenvalue weighted by Gasteiger charge is 2.02. The number of H-pyrrole nitrogens is 1. The number of ether oxygens (including phenoxy) is 1. The summed E-state index contributed by atoms with van der Waals surface area (Å²) in [6.07, 6.45) is 2.06. The van der Waals surface area contributed by atoms with Gasteiger partial charge in [-0.05, 0) is 42.8 Å². The second kappa shape index (κ2) is 5.70. The zero-order chi connectivity index (χ0) is 13.8. The molecule has 20 heavy (non-hydrogen) atoms. The first-order valence-electron chi connectivity index (χ1n) is 6.88. The molecule has 0 aliphatic heterocycles. The van der Waals surface area contributed by atoms with E-state index in [0.717, 1.165) is 18.0 Å². The van der Waals surface area contributed by atoms with Crippen LogP contribution in [0.15, 0.2) is 54.7 Å². The van der Waals surface area contributed by atoms with Crippen molar-refractivity contribution in [2.24, 2.45) is 0 Å². The van der Waals surface area contributed by atoms with Gasteiger partial charge in [0.25, 0.3) is 0 Å². The van der Waals surface area contributed by atoms with Crippen molar-refractivity contribution in [2.75, 3.05) is 11.9 Å². The maximum absolute atomic E-state index is 5.44. The normalized spacial score (nSPS) is 10.7. The minimum absolute atomic E-state index is 0.697. The molecule has 1 heterocycles. The largest absolute Gasteiger partial charge is 0.494 e. The summed E-state index contributed by atoms with van der Waals surface area (Å²) in [5, 5.41) is 4.70. The fourth-order valence-electron chi connectivity index (χ4n) is 2.31. The van der Waals surface area contributed by atoms with Crippen LogP contribution < -0.4 is 10.1 Å². The lowest BCUT2D eigenvalue weighted by Crippen LogP contribution is -1.98. The molecule has 0 spiro atoms. The third-order valence-electron chi connectivity index (χ3n) is 3.32. The summed E-state index contributed by atoms with van der Waals surface area (Å²) in [4.78, 5) is 3.29. The molecule has 3 aromatic rings. The summed E-state index contributed by atoms with van der Waals surface area (Å²) in [6, 6.07) is 16.4. The number of hydrogen-bond acceptors (Lipinski definition) is 2. The van der Waals surface area contributed by atoms with Gasteiger partial charge in [0.15, 0.2) is 0 Å². The molecule has 0 saturated carbocycles. The Hall–Kier alpha value is -2.42. The molecule has 2 N–H and O–H groups in total. The number of rotatable bonds is 5. The average molecular weight is 266 g/mol. The highest BCUT2D eigenvalue weighted by atomic mass is 16.5. The topological polar surface area (TPSA) is 37.0 Å². The third-order valence-corrected chi connectivity index (χ3v) is 3.32. The van der Waals surface area contributed by atoms with Gasteiger partial charge in [-0.25, -0.2) is 0 Å². The molecule has 3 rings (SSSR count). The molecule has 2 aromatic carbocycles. The predicted molar refractivity (Wildman–Crippen MR) is 83.2 cm³/mol. The molecular formula is C17H18N2O. The Morgan fingerprint density at radius 1 is 1.05 bits per heavy atom. The Balaban J connectivity index is 1.69. The maximum Gasteiger partial charge on any atom is 0.119 e. The molecule has 0 amide bonds. The van der Waals surface area contributed by atoms with E-state index in [4.69, 9.17) is 4.74 Å². The first-order chi connectivity index (χ1) is 9.86. The molecule has 0 aliphatic rings. The van der Waals surface area contributed by atoms with Crippen LogP contribution in [0, 0.1) is 0 Å². The molecule has 3 nitrogen and oxygen atoms in total. The van der Waals surface area contributed by atoms with Gasteiger partial charge < -0.3 is 15.0 Å². The van der Waals surface area contributed by atoms with Crippen LogP contribution in [-0.4, -0.2) is 11.6 Å². The van der Waals surface area contributed by atoms with Crippen LogP contribution in [0.5, 0.6) is 5.75 Å². The maximum atomic E-state index is 5.44. The molecule has 3 heteroatoms. The first kappa shape index (κ1) is 12.6. The molecule has 0 bridgehead atoms. The molecule has 0 aliphatic carbocycles. The van der Waals surface area contributed by atoms with E-state index in [1.165, 1.54) is 16.5 Å². The molecule has 0 fully saturated rings. The second-order valence-electron chi connectivity index (χ2n) is 4.67. The first-order valence-corrected chi connectivity index (χ1v) is 6.88. The summed E-state index contributed by atoms with van der Waals surface area (Å²) in [5.74, 6) is 0.908. The second-order valence-corrected chi connectivity index (χ2v) is 4.67. The van der Waals surface area contributed by atoms with Crippen LogP contribution in [0.2, 0.25) is 0 Å². The molecule has 0 atom stereocenters. The minimum Gasteiger partial charge on any atom is -0.494 e. The van der Waals surface area contributed by atoms with E-state index in [-0.39, 0.29) is 0 Å². The van der Waals surface area contributed by atoms with Crippen LogP contribution in [-0.2, 0) is 6.54 Å². The summed E-state index contributed by atoms with van der Waals surface area (Å²) in [5.41, 5.74) is 3.55. The van der Waals surface area contributed by atoms with Crippen LogP contribution in [0.25, 0.3) is 10.9 Å². The minimum atomic E-state index is 0.697. The van der Waals surface area contributed by atoms with Gasteiger partial charge in [0.2, 0.25) is 0 Å². The van der Waals surface area contributed by atoms with Crippen molar-refractivity contribution >= 4 is 16.6 Å².